The van der Waals surface area contributed by atoms with Gasteiger partial charge in [0.2, 0.25) is 0 Å². The molecule has 1 aliphatic heterocycles. The van der Waals surface area contributed by atoms with Crippen LogP contribution in [0.25, 0.3) is 16.6 Å². The number of amides is 1. The Morgan fingerprint density at radius 2 is 1.67 bits per heavy atom. The predicted molar refractivity (Wildman–Crippen MR) is 159 cm³/mol. The molecule has 0 radical (unpaired) electrons. The monoisotopic (exact) mass is 637 g/mol. The molecule has 4 aromatic rings. The number of para-hydroxylation sites is 1. The number of nitrogens with one attached hydrogen (secondary N) is 2. The zero-order valence-corrected chi connectivity index (χ0v) is 24.2. The Morgan fingerprint density at radius 1 is 1.00 bits per heavy atom. The first kappa shape index (κ1) is 32.1. The van der Waals surface area contributed by atoms with Gasteiger partial charge in [-0.05, 0) is 61.5 Å². The summed E-state index contributed by atoms with van der Waals surface area (Å²) in [6.45, 7) is 5.08. The largest absolute Gasteiger partial charge is 0.490 e. The van der Waals surface area contributed by atoms with Crippen molar-refractivity contribution in [1.82, 2.24) is 20.0 Å². The molecule has 43 heavy (non-hydrogen) atoms. The molecule has 1 aliphatic rings. The van der Waals surface area contributed by atoms with Crippen LogP contribution in [0.2, 0.25) is 10.0 Å². The summed E-state index contributed by atoms with van der Waals surface area (Å²) < 4.78 is 38.9. The topological polar surface area (TPSA) is 109 Å². The molecule has 0 aliphatic carbocycles. The van der Waals surface area contributed by atoms with Gasteiger partial charge in [0.05, 0.1) is 46.3 Å². The van der Waals surface area contributed by atoms with E-state index in [2.05, 4.69) is 20.6 Å². The number of carbonyl (C=O) groups excluding carboxylic acids is 1. The number of aromatic nitrogens is 2. The van der Waals surface area contributed by atoms with Crippen LogP contribution in [0.1, 0.15) is 16.8 Å². The van der Waals surface area contributed by atoms with Gasteiger partial charge in [-0.25, -0.2) is 9.48 Å². The number of rotatable bonds is 8. The molecule has 0 bridgehead atoms. The van der Waals surface area contributed by atoms with E-state index in [4.69, 9.17) is 37.8 Å². The number of anilines is 2. The third-order valence-electron chi connectivity index (χ3n) is 6.44. The normalized spacial score (nSPS) is 13.7. The summed E-state index contributed by atoms with van der Waals surface area (Å²) in [7, 11) is 0. The van der Waals surface area contributed by atoms with Gasteiger partial charge in [0.1, 0.15) is 0 Å². The lowest BCUT2D eigenvalue weighted by molar-refractivity contribution is -0.192. The Hall–Kier alpha value is -3.84. The number of carbonyl (C=O) groups is 2. The van der Waals surface area contributed by atoms with Crippen LogP contribution < -0.4 is 10.6 Å². The minimum Gasteiger partial charge on any atom is -0.475 e. The molecule has 1 saturated heterocycles. The van der Waals surface area contributed by atoms with Crippen molar-refractivity contribution in [2.45, 2.75) is 12.6 Å². The van der Waals surface area contributed by atoms with E-state index >= 15 is 0 Å². The van der Waals surface area contributed by atoms with Crippen LogP contribution in [0.5, 0.6) is 0 Å². The first-order valence-electron chi connectivity index (χ1n) is 13.2. The van der Waals surface area contributed by atoms with Crippen LogP contribution in [-0.2, 0) is 9.53 Å². The summed E-state index contributed by atoms with van der Waals surface area (Å²) in [5, 5.41) is 20.1. The maximum atomic E-state index is 12.8. The molecular formula is C29H28Cl2F3N5O4. The fourth-order valence-electron chi connectivity index (χ4n) is 4.29. The van der Waals surface area contributed by atoms with E-state index < -0.39 is 12.1 Å². The molecule has 1 fully saturated rings. The highest BCUT2D eigenvalue weighted by atomic mass is 35.5. The quantitative estimate of drug-likeness (QED) is 0.199. The van der Waals surface area contributed by atoms with E-state index in [-0.39, 0.29) is 5.91 Å². The summed E-state index contributed by atoms with van der Waals surface area (Å²) >= 11 is 12.6. The SMILES string of the molecule is O=C(NCCCN1CCOCC1)c1cccc(-n2ncc3cc(Nc4c(Cl)cccc4Cl)ccc32)c1.O=C(O)C(F)(F)F. The third-order valence-corrected chi connectivity index (χ3v) is 7.07. The Labute approximate surface area is 255 Å². The molecule has 1 amide bonds. The highest BCUT2D eigenvalue weighted by Crippen LogP contribution is 2.33. The zero-order chi connectivity index (χ0) is 31.0. The van der Waals surface area contributed by atoms with E-state index in [0.717, 1.165) is 61.5 Å². The summed E-state index contributed by atoms with van der Waals surface area (Å²) in [5.74, 6) is -2.84. The molecule has 3 aromatic carbocycles. The van der Waals surface area contributed by atoms with Crippen LogP contribution >= 0.6 is 23.2 Å². The second-order valence-electron chi connectivity index (χ2n) is 9.47. The number of halogens is 5. The average Bonchev–Trinajstić information content (AvgIpc) is 3.41. The molecule has 14 heteroatoms. The van der Waals surface area contributed by atoms with Crippen LogP contribution in [0.3, 0.4) is 0 Å². The lowest BCUT2D eigenvalue weighted by Crippen LogP contribution is -2.38. The predicted octanol–water partition coefficient (Wildman–Crippen LogP) is 6.16. The lowest BCUT2D eigenvalue weighted by atomic mass is 10.1. The molecule has 0 spiro atoms. The van der Waals surface area contributed by atoms with Gasteiger partial charge in [0, 0.05) is 36.3 Å². The van der Waals surface area contributed by atoms with E-state index in [1.54, 1.807) is 18.3 Å². The number of alkyl halides is 3. The van der Waals surface area contributed by atoms with Crippen LogP contribution in [0, 0.1) is 0 Å². The number of ether oxygens (including phenoxy) is 1. The number of benzene rings is 3. The van der Waals surface area contributed by atoms with Crippen LogP contribution in [-0.4, -0.2) is 77.2 Å². The van der Waals surface area contributed by atoms with Crippen LogP contribution in [0.15, 0.2) is 66.9 Å². The van der Waals surface area contributed by atoms with Crippen molar-refractivity contribution in [3.63, 3.8) is 0 Å². The van der Waals surface area contributed by atoms with E-state index in [1.807, 2.05) is 53.2 Å². The van der Waals surface area contributed by atoms with Crippen molar-refractivity contribution in [3.8, 4) is 5.69 Å². The van der Waals surface area contributed by atoms with Gasteiger partial charge in [-0.15, -0.1) is 0 Å². The minimum atomic E-state index is -5.08. The number of aliphatic carboxylic acids is 1. The number of carboxylic acids is 1. The van der Waals surface area contributed by atoms with Gasteiger partial charge < -0.3 is 20.5 Å². The molecule has 3 N–H and O–H groups in total. The maximum Gasteiger partial charge on any atom is 0.490 e. The van der Waals surface area contributed by atoms with Crippen molar-refractivity contribution in [2.24, 2.45) is 0 Å². The average molecular weight is 638 g/mol. The summed E-state index contributed by atoms with van der Waals surface area (Å²) in [4.78, 5) is 24.0. The maximum absolute atomic E-state index is 12.8. The Morgan fingerprint density at radius 3 is 2.35 bits per heavy atom. The van der Waals surface area contributed by atoms with Crippen molar-refractivity contribution in [1.29, 1.82) is 0 Å². The number of hydrogen-bond donors (Lipinski definition) is 3. The highest BCUT2D eigenvalue weighted by Gasteiger charge is 2.38. The first-order chi connectivity index (χ1) is 20.5. The second-order valence-corrected chi connectivity index (χ2v) is 10.3. The molecular weight excluding hydrogens is 610 g/mol. The van der Waals surface area contributed by atoms with Crippen molar-refractivity contribution >= 4 is 57.4 Å². The smallest absolute Gasteiger partial charge is 0.475 e. The van der Waals surface area contributed by atoms with Crippen molar-refractivity contribution in [3.05, 3.63) is 82.5 Å². The Kier molecular flexibility index (Phi) is 10.9. The molecule has 0 atom stereocenters. The summed E-state index contributed by atoms with van der Waals surface area (Å²) in [6, 6.07) is 18.8. The number of hydrogen-bond acceptors (Lipinski definition) is 6. The fourth-order valence-corrected chi connectivity index (χ4v) is 4.78. The van der Waals surface area contributed by atoms with E-state index in [0.29, 0.717) is 27.8 Å². The van der Waals surface area contributed by atoms with Gasteiger partial charge in [-0.3, -0.25) is 9.69 Å². The molecule has 0 unspecified atom stereocenters. The van der Waals surface area contributed by atoms with Crippen LogP contribution in [0.4, 0.5) is 24.5 Å². The molecule has 5 rings (SSSR count). The Bertz CT molecular complexity index is 1560. The Balaban J connectivity index is 0.000000541. The van der Waals surface area contributed by atoms with Crippen molar-refractivity contribution < 1.29 is 32.6 Å². The highest BCUT2D eigenvalue weighted by molar-refractivity contribution is 6.39. The fraction of sp³-hybridized carbons (Fsp3) is 0.276. The number of carboxylic acid groups (broad SMARTS) is 1. The van der Waals surface area contributed by atoms with Gasteiger partial charge in [-0.1, -0.05) is 35.3 Å². The molecule has 2 heterocycles. The second kappa shape index (κ2) is 14.6. The number of fused-ring (bicyclic) bond motifs is 1. The molecule has 0 saturated carbocycles. The van der Waals surface area contributed by atoms with Gasteiger partial charge in [-0.2, -0.15) is 18.3 Å². The molecule has 9 nitrogen and oxygen atoms in total. The van der Waals surface area contributed by atoms with Gasteiger partial charge >= 0.3 is 12.1 Å². The van der Waals surface area contributed by atoms with Gasteiger partial charge in [0.25, 0.3) is 5.91 Å². The third kappa shape index (κ3) is 8.83. The van der Waals surface area contributed by atoms with E-state index in [9.17, 15) is 18.0 Å². The molecule has 1 aromatic heterocycles. The van der Waals surface area contributed by atoms with Crippen molar-refractivity contribution in [2.75, 3.05) is 44.7 Å². The minimum absolute atomic E-state index is 0.0848. The standard InChI is InChI=1S/C27H27Cl2N5O2.C2HF3O2/c28-23-6-2-7-24(29)26(23)32-21-8-9-25-20(16-21)18-31-34(25)22-5-1-4-19(17-22)27(35)30-10-3-11-33-12-14-36-15-13-33;3-2(4,5)1(6)7/h1-2,4-9,16-18,32H,3,10-15H2,(H,30,35);(H,6,7). The summed E-state index contributed by atoms with van der Waals surface area (Å²) in [5.41, 5.74) is 3.86. The molecule has 228 valence electrons. The number of morpholine rings is 1. The zero-order valence-electron chi connectivity index (χ0n) is 22.7. The van der Waals surface area contributed by atoms with Gasteiger partial charge in [0.15, 0.2) is 0 Å². The summed E-state index contributed by atoms with van der Waals surface area (Å²) in [6.07, 6.45) is -2.38. The lowest BCUT2D eigenvalue weighted by Gasteiger charge is -2.26. The first-order valence-corrected chi connectivity index (χ1v) is 14.0. The number of nitrogens with zero attached hydrogens (tertiary/aromatic N) is 3. The van der Waals surface area contributed by atoms with E-state index in [1.165, 1.54) is 0 Å².